The number of carbonyl (C=O) groups is 1. The molecule has 0 unspecified atom stereocenters. The van der Waals surface area contributed by atoms with Crippen molar-refractivity contribution in [3.05, 3.63) is 59.4 Å². The van der Waals surface area contributed by atoms with Crippen molar-refractivity contribution in [2.75, 3.05) is 37.1 Å². The van der Waals surface area contributed by atoms with Crippen LogP contribution >= 0.6 is 0 Å². The molecule has 1 amide bonds. The summed E-state index contributed by atoms with van der Waals surface area (Å²) < 4.78 is 40.0. The first-order valence-electron chi connectivity index (χ1n) is 13.0. The summed E-state index contributed by atoms with van der Waals surface area (Å²) in [6, 6.07) is 7.46. The fourth-order valence-electron chi connectivity index (χ4n) is 4.73. The van der Waals surface area contributed by atoms with Crippen LogP contribution in [0, 0.1) is 11.6 Å². The predicted octanol–water partition coefficient (Wildman–Crippen LogP) is 5.13. The van der Waals surface area contributed by atoms with Gasteiger partial charge in [0, 0.05) is 43.1 Å². The molecule has 0 bridgehead atoms. The number of halogens is 2. The molecule has 1 saturated heterocycles. The maximum absolute atomic E-state index is 15.4. The van der Waals surface area contributed by atoms with E-state index >= 15 is 4.39 Å². The number of carbonyl (C=O) groups excluding carboxylic acids is 1. The summed E-state index contributed by atoms with van der Waals surface area (Å²) in [5, 5.41) is 3.64. The molecule has 39 heavy (non-hydrogen) atoms. The fourth-order valence-corrected chi connectivity index (χ4v) is 4.73. The topological polar surface area (TPSA) is 105 Å². The second kappa shape index (κ2) is 11.3. The minimum absolute atomic E-state index is 0.124. The molecule has 3 heterocycles. The van der Waals surface area contributed by atoms with Gasteiger partial charge in [0.2, 0.25) is 11.9 Å². The molecule has 2 aromatic heterocycles. The summed E-state index contributed by atoms with van der Waals surface area (Å²) >= 11 is 0. The summed E-state index contributed by atoms with van der Waals surface area (Å²) in [5.41, 5.74) is 2.02. The Hall–Kier alpha value is -4.12. The van der Waals surface area contributed by atoms with Crippen LogP contribution in [0.3, 0.4) is 0 Å². The first-order valence-corrected chi connectivity index (χ1v) is 13.0. The third kappa shape index (κ3) is 5.40. The normalized spacial score (nSPS) is 14.0. The summed E-state index contributed by atoms with van der Waals surface area (Å²) in [6.07, 6.45) is 3.75. The first-order chi connectivity index (χ1) is 18.9. The molecule has 2 N–H and O–H groups in total. The standard InChI is InChI=1S/C28H30F2N6O3/c1-4-21-25-20(30)13-17(14-22(25)34-27(33-21)32-18-8-10-39-11-9-18)26(37)36(5-2)28-31-15-23(35-28)16-6-7-24(38-3)19(29)12-16/h6-7,12-15,18H,4-5,8-11H2,1-3H3,(H,31,35)(H,32,33,34). The molecule has 1 aliphatic heterocycles. The summed E-state index contributed by atoms with van der Waals surface area (Å²) in [7, 11) is 1.39. The number of H-pyrrole nitrogens is 1. The monoisotopic (exact) mass is 536 g/mol. The van der Waals surface area contributed by atoms with Crippen LogP contribution in [-0.4, -0.2) is 58.8 Å². The van der Waals surface area contributed by atoms with Crippen LogP contribution in [0.5, 0.6) is 5.75 Å². The van der Waals surface area contributed by atoms with Gasteiger partial charge < -0.3 is 19.8 Å². The van der Waals surface area contributed by atoms with Gasteiger partial charge in [-0.05, 0) is 56.5 Å². The summed E-state index contributed by atoms with van der Waals surface area (Å²) in [6.45, 7) is 5.28. The number of aromatic amines is 1. The molecular weight excluding hydrogens is 506 g/mol. The minimum Gasteiger partial charge on any atom is -0.494 e. The molecule has 204 valence electrons. The number of fused-ring (bicyclic) bond motifs is 1. The zero-order valence-corrected chi connectivity index (χ0v) is 22.1. The largest absolute Gasteiger partial charge is 0.494 e. The molecule has 2 aromatic carbocycles. The van der Waals surface area contributed by atoms with Gasteiger partial charge in [-0.15, -0.1) is 0 Å². The van der Waals surface area contributed by atoms with Crippen molar-refractivity contribution in [1.29, 1.82) is 0 Å². The van der Waals surface area contributed by atoms with Crippen molar-refractivity contribution in [3.8, 4) is 17.0 Å². The Morgan fingerprint density at radius 3 is 2.62 bits per heavy atom. The van der Waals surface area contributed by atoms with E-state index < -0.39 is 17.5 Å². The van der Waals surface area contributed by atoms with Gasteiger partial charge in [0.05, 0.1) is 29.4 Å². The number of ether oxygens (including phenoxy) is 2. The number of aromatic nitrogens is 4. The number of rotatable bonds is 8. The summed E-state index contributed by atoms with van der Waals surface area (Å²) in [5.74, 6) is -0.739. The second-order valence-electron chi connectivity index (χ2n) is 9.24. The van der Waals surface area contributed by atoms with Gasteiger partial charge in [-0.25, -0.2) is 23.7 Å². The zero-order chi connectivity index (χ0) is 27.5. The molecule has 0 spiro atoms. The lowest BCUT2D eigenvalue weighted by molar-refractivity contribution is 0.0903. The minimum atomic E-state index is -0.560. The van der Waals surface area contributed by atoms with Crippen LogP contribution in [0.1, 0.15) is 42.7 Å². The van der Waals surface area contributed by atoms with Crippen molar-refractivity contribution >= 4 is 28.7 Å². The van der Waals surface area contributed by atoms with E-state index in [0.29, 0.717) is 53.4 Å². The number of hydrogen-bond donors (Lipinski definition) is 2. The molecule has 1 aliphatic rings. The molecule has 1 fully saturated rings. The third-order valence-corrected chi connectivity index (χ3v) is 6.79. The average molecular weight is 537 g/mol. The van der Waals surface area contributed by atoms with E-state index in [1.54, 1.807) is 25.3 Å². The quantitative estimate of drug-likeness (QED) is 0.322. The van der Waals surface area contributed by atoms with Crippen LogP contribution in [0.2, 0.25) is 0 Å². The number of benzene rings is 2. The van der Waals surface area contributed by atoms with Crippen molar-refractivity contribution in [2.45, 2.75) is 39.2 Å². The number of methoxy groups -OCH3 is 1. The molecule has 11 heteroatoms. The van der Waals surface area contributed by atoms with E-state index in [1.165, 1.54) is 30.2 Å². The average Bonchev–Trinajstić information content (AvgIpc) is 3.43. The van der Waals surface area contributed by atoms with Crippen LogP contribution in [0.15, 0.2) is 36.5 Å². The van der Waals surface area contributed by atoms with Gasteiger partial charge in [-0.1, -0.05) is 6.92 Å². The number of hydrogen-bond acceptors (Lipinski definition) is 7. The molecule has 0 aliphatic carbocycles. The van der Waals surface area contributed by atoms with Gasteiger partial charge in [0.25, 0.3) is 5.91 Å². The zero-order valence-electron chi connectivity index (χ0n) is 22.1. The molecule has 0 radical (unpaired) electrons. The van der Waals surface area contributed by atoms with Gasteiger partial charge in [0.1, 0.15) is 5.82 Å². The maximum Gasteiger partial charge on any atom is 0.260 e. The van der Waals surface area contributed by atoms with Crippen LogP contribution < -0.4 is 15.0 Å². The Bertz CT molecular complexity index is 1500. The van der Waals surface area contributed by atoms with Gasteiger partial charge >= 0.3 is 0 Å². The van der Waals surface area contributed by atoms with E-state index in [0.717, 1.165) is 12.8 Å². The highest BCUT2D eigenvalue weighted by Gasteiger charge is 2.23. The van der Waals surface area contributed by atoms with E-state index in [9.17, 15) is 9.18 Å². The van der Waals surface area contributed by atoms with E-state index in [2.05, 4.69) is 25.3 Å². The number of imidazole rings is 1. The van der Waals surface area contributed by atoms with Gasteiger partial charge in [-0.3, -0.25) is 9.69 Å². The Kier molecular flexibility index (Phi) is 7.69. The number of nitrogens with zero attached hydrogens (tertiary/aromatic N) is 4. The van der Waals surface area contributed by atoms with E-state index in [-0.39, 0.29) is 29.8 Å². The second-order valence-corrected chi connectivity index (χ2v) is 9.24. The van der Waals surface area contributed by atoms with Crippen LogP contribution in [-0.2, 0) is 11.2 Å². The number of aryl methyl sites for hydroxylation is 1. The number of nitrogens with one attached hydrogen (secondary N) is 2. The summed E-state index contributed by atoms with van der Waals surface area (Å²) in [4.78, 5) is 31.5. The Morgan fingerprint density at radius 2 is 1.92 bits per heavy atom. The highest BCUT2D eigenvalue weighted by molar-refractivity contribution is 6.07. The van der Waals surface area contributed by atoms with Gasteiger partial charge in [0.15, 0.2) is 11.6 Å². The number of amides is 1. The number of anilines is 2. The lowest BCUT2D eigenvalue weighted by atomic mass is 10.1. The predicted molar refractivity (Wildman–Crippen MR) is 144 cm³/mol. The smallest absolute Gasteiger partial charge is 0.260 e. The van der Waals surface area contributed by atoms with Gasteiger partial charge in [-0.2, -0.15) is 0 Å². The molecule has 4 aromatic rings. The fraction of sp³-hybridized carbons (Fsp3) is 0.357. The van der Waals surface area contributed by atoms with E-state index in [1.807, 2.05) is 6.92 Å². The van der Waals surface area contributed by atoms with Crippen molar-refractivity contribution < 1.29 is 23.0 Å². The Balaban J connectivity index is 1.46. The lowest BCUT2D eigenvalue weighted by Crippen LogP contribution is -2.31. The molecule has 0 saturated carbocycles. The Labute approximate surface area is 224 Å². The van der Waals surface area contributed by atoms with Crippen molar-refractivity contribution in [2.24, 2.45) is 0 Å². The molecule has 9 nitrogen and oxygen atoms in total. The lowest BCUT2D eigenvalue weighted by Gasteiger charge is -2.23. The maximum atomic E-state index is 15.4. The van der Waals surface area contributed by atoms with Crippen LogP contribution in [0.4, 0.5) is 20.7 Å². The highest BCUT2D eigenvalue weighted by Crippen LogP contribution is 2.28. The molecule has 5 rings (SSSR count). The SMILES string of the molecule is CCc1nc(NC2CCOCC2)nc2cc(C(=O)N(CC)c3nc(-c4ccc(OC)c(F)c4)c[nH]3)cc(F)c12. The van der Waals surface area contributed by atoms with Crippen molar-refractivity contribution in [1.82, 2.24) is 19.9 Å². The van der Waals surface area contributed by atoms with Crippen molar-refractivity contribution in [3.63, 3.8) is 0 Å². The highest BCUT2D eigenvalue weighted by atomic mass is 19.1. The van der Waals surface area contributed by atoms with E-state index in [4.69, 9.17) is 9.47 Å². The molecule has 0 atom stereocenters. The van der Waals surface area contributed by atoms with Crippen LogP contribution in [0.25, 0.3) is 22.2 Å². The third-order valence-electron chi connectivity index (χ3n) is 6.79. The Morgan fingerprint density at radius 1 is 1.13 bits per heavy atom. The first kappa shape index (κ1) is 26.5. The molecular formula is C28H30F2N6O3.